The standard InChI is InChI=1S/C6H9N3O3S/c1-9-3-2-4(13(8,11)12)5(9)6(7)10/h2-3H,1H3,(H2,7,10)(H2,8,11,12). The normalized spacial score (nSPS) is 11.5. The van der Waals surface area contributed by atoms with E-state index in [1.165, 1.54) is 23.9 Å². The van der Waals surface area contributed by atoms with Crippen molar-refractivity contribution in [3.8, 4) is 0 Å². The number of amides is 1. The van der Waals surface area contributed by atoms with Crippen molar-refractivity contribution in [2.75, 3.05) is 0 Å². The number of hydrogen-bond donors (Lipinski definition) is 2. The number of aromatic nitrogens is 1. The lowest BCUT2D eigenvalue weighted by molar-refractivity contribution is 0.0989. The molecule has 1 amide bonds. The van der Waals surface area contributed by atoms with E-state index in [4.69, 9.17) is 10.9 Å². The number of aryl methyl sites for hydroxylation is 1. The molecule has 0 aromatic carbocycles. The van der Waals surface area contributed by atoms with Crippen LogP contribution < -0.4 is 10.9 Å². The summed E-state index contributed by atoms with van der Waals surface area (Å²) < 4.78 is 23.2. The maximum Gasteiger partial charge on any atom is 0.266 e. The van der Waals surface area contributed by atoms with Crippen LogP contribution >= 0.6 is 0 Å². The number of hydrogen-bond acceptors (Lipinski definition) is 3. The van der Waals surface area contributed by atoms with Gasteiger partial charge in [0, 0.05) is 13.2 Å². The Kier molecular flexibility index (Phi) is 2.14. The van der Waals surface area contributed by atoms with Gasteiger partial charge in [-0.05, 0) is 6.07 Å². The molecule has 0 atom stereocenters. The lowest BCUT2D eigenvalue weighted by atomic mass is 10.4. The molecule has 1 aromatic heterocycles. The van der Waals surface area contributed by atoms with Crippen molar-refractivity contribution in [3.63, 3.8) is 0 Å². The largest absolute Gasteiger partial charge is 0.364 e. The Balaban J connectivity index is 3.49. The van der Waals surface area contributed by atoms with Gasteiger partial charge in [-0.3, -0.25) is 4.79 Å². The Labute approximate surface area is 75.2 Å². The topological polar surface area (TPSA) is 108 Å². The van der Waals surface area contributed by atoms with Gasteiger partial charge in [-0.1, -0.05) is 0 Å². The zero-order chi connectivity index (χ0) is 10.2. The summed E-state index contributed by atoms with van der Waals surface area (Å²) in [6.07, 6.45) is 1.40. The second-order valence-electron chi connectivity index (χ2n) is 2.55. The van der Waals surface area contributed by atoms with E-state index in [0.29, 0.717) is 0 Å². The third-order valence-corrected chi connectivity index (χ3v) is 2.52. The molecule has 0 spiro atoms. The van der Waals surface area contributed by atoms with Crippen molar-refractivity contribution in [2.24, 2.45) is 17.9 Å². The molecule has 0 aliphatic carbocycles. The lowest BCUT2D eigenvalue weighted by Crippen LogP contribution is -2.21. The molecule has 13 heavy (non-hydrogen) atoms. The highest BCUT2D eigenvalue weighted by molar-refractivity contribution is 7.89. The first-order chi connectivity index (χ1) is 5.84. The first-order valence-corrected chi connectivity index (χ1v) is 4.86. The van der Waals surface area contributed by atoms with Gasteiger partial charge in [0.2, 0.25) is 10.0 Å². The predicted molar refractivity (Wildman–Crippen MR) is 45.3 cm³/mol. The molecule has 0 aliphatic heterocycles. The number of sulfonamides is 1. The van der Waals surface area contributed by atoms with Crippen LogP contribution in [0.25, 0.3) is 0 Å². The quantitative estimate of drug-likeness (QED) is 0.628. The summed E-state index contributed by atoms with van der Waals surface area (Å²) in [6.45, 7) is 0. The summed E-state index contributed by atoms with van der Waals surface area (Å²) in [5.41, 5.74) is 4.87. The highest BCUT2D eigenvalue weighted by atomic mass is 32.2. The van der Waals surface area contributed by atoms with Gasteiger partial charge in [0.15, 0.2) is 0 Å². The predicted octanol–water partition coefficient (Wildman–Crippen LogP) is -1.23. The van der Waals surface area contributed by atoms with Crippen molar-refractivity contribution in [3.05, 3.63) is 18.0 Å². The highest BCUT2D eigenvalue weighted by Crippen LogP contribution is 2.13. The van der Waals surface area contributed by atoms with Gasteiger partial charge in [0.1, 0.15) is 10.6 Å². The fraction of sp³-hybridized carbons (Fsp3) is 0.167. The molecule has 0 unspecified atom stereocenters. The van der Waals surface area contributed by atoms with Gasteiger partial charge in [-0.2, -0.15) is 0 Å². The molecular formula is C6H9N3O3S. The van der Waals surface area contributed by atoms with Crippen molar-refractivity contribution in [2.45, 2.75) is 4.90 Å². The van der Waals surface area contributed by atoms with E-state index >= 15 is 0 Å². The smallest absolute Gasteiger partial charge is 0.266 e. The molecule has 4 N–H and O–H groups in total. The minimum absolute atomic E-state index is 0.109. The summed E-state index contributed by atoms with van der Waals surface area (Å²) in [7, 11) is -2.37. The van der Waals surface area contributed by atoms with Gasteiger partial charge in [0.25, 0.3) is 5.91 Å². The van der Waals surface area contributed by atoms with E-state index in [1.54, 1.807) is 0 Å². The molecule has 0 aliphatic rings. The molecule has 6 nitrogen and oxygen atoms in total. The van der Waals surface area contributed by atoms with Gasteiger partial charge < -0.3 is 10.3 Å². The van der Waals surface area contributed by atoms with E-state index in [2.05, 4.69) is 0 Å². The molecule has 0 bridgehead atoms. The number of primary sulfonamides is 1. The Morgan fingerprint density at radius 3 is 2.38 bits per heavy atom. The van der Waals surface area contributed by atoms with E-state index in [0.717, 1.165) is 0 Å². The monoisotopic (exact) mass is 203 g/mol. The second kappa shape index (κ2) is 2.86. The molecule has 1 heterocycles. The van der Waals surface area contributed by atoms with E-state index < -0.39 is 15.9 Å². The molecule has 0 saturated carbocycles. The third-order valence-electron chi connectivity index (χ3n) is 1.58. The van der Waals surface area contributed by atoms with Crippen LogP contribution in [0.1, 0.15) is 10.5 Å². The van der Waals surface area contributed by atoms with Crippen LogP contribution in [0.5, 0.6) is 0 Å². The third kappa shape index (κ3) is 1.70. The van der Waals surface area contributed by atoms with E-state index in [-0.39, 0.29) is 10.6 Å². The SMILES string of the molecule is Cn1ccc(S(N)(=O)=O)c1C(N)=O. The van der Waals surface area contributed by atoms with Gasteiger partial charge in [0.05, 0.1) is 0 Å². The minimum atomic E-state index is -3.88. The van der Waals surface area contributed by atoms with E-state index in [1.807, 2.05) is 0 Å². The minimum Gasteiger partial charge on any atom is -0.364 e. The maximum absolute atomic E-state index is 10.9. The van der Waals surface area contributed by atoms with Gasteiger partial charge in [-0.15, -0.1) is 0 Å². The lowest BCUT2D eigenvalue weighted by Gasteiger charge is -2.00. The molecule has 1 aromatic rings. The summed E-state index contributed by atoms with van der Waals surface area (Å²) in [5.74, 6) is -0.823. The Bertz CT molecular complexity index is 446. The average Bonchev–Trinajstić information content (AvgIpc) is 2.28. The zero-order valence-corrected chi connectivity index (χ0v) is 7.71. The van der Waals surface area contributed by atoms with Crippen molar-refractivity contribution < 1.29 is 13.2 Å². The van der Waals surface area contributed by atoms with Crippen LogP contribution in [-0.2, 0) is 17.1 Å². The number of carbonyl (C=O) groups is 1. The van der Waals surface area contributed by atoms with Crippen molar-refractivity contribution >= 4 is 15.9 Å². The summed E-state index contributed by atoms with van der Waals surface area (Å²) in [4.78, 5) is 10.6. The van der Waals surface area contributed by atoms with Crippen molar-refractivity contribution in [1.82, 2.24) is 4.57 Å². The number of primary amides is 1. The Morgan fingerprint density at radius 2 is 2.08 bits per heavy atom. The summed E-state index contributed by atoms with van der Waals surface area (Å²) in [5, 5.41) is 4.86. The molecule has 72 valence electrons. The number of nitrogens with zero attached hydrogens (tertiary/aromatic N) is 1. The van der Waals surface area contributed by atoms with Crippen LogP contribution in [0.2, 0.25) is 0 Å². The zero-order valence-electron chi connectivity index (χ0n) is 6.89. The molecule has 7 heteroatoms. The number of rotatable bonds is 2. The first-order valence-electron chi connectivity index (χ1n) is 3.32. The summed E-state index contributed by atoms with van der Waals surface area (Å²) >= 11 is 0. The molecule has 1 rings (SSSR count). The van der Waals surface area contributed by atoms with Crippen LogP contribution in [0.4, 0.5) is 0 Å². The van der Waals surface area contributed by atoms with Gasteiger partial charge in [-0.25, -0.2) is 13.6 Å². The molecule has 0 saturated heterocycles. The molecule has 0 radical (unpaired) electrons. The van der Waals surface area contributed by atoms with Crippen LogP contribution in [0, 0.1) is 0 Å². The number of carbonyl (C=O) groups excluding carboxylic acids is 1. The molecular weight excluding hydrogens is 194 g/mol. The van der Waals surface area contributed by atoms with Crippen molar-refractivity contribution in [1.29, 1.82) is 0 Å². The fourth-order valence-electron chi connectivity index (χ4n) is 1.03. The number of nitrogens with two attached hydrogens (primary N) is 2. The maximum atomic E-state index is 10.9. The van der Waals surface area contributed by atoms with Crippen LogP contribution in [0.15, 0.2) is 17.2 Å². The van der Waals surface area contributed by atoms with E-state index in [9.17, 15) is 13.2 Å². The average molecular weight is 203 g/mol. The van der Waals surface area contributed by atoms with Crippen LogP contribution in [-0.4, -0.2) is 18.9 Å². The fourth-order valence-corrected chi connectivity index (χ4v) is 1.80. The Morgan fingerprint density at radius 1 is 1.54 bits per heavy atom. The summed E-state index contributed by atoms with van der Waals surface area (Å²) in [6, 6.07) is 1.23. The van der Waals surface area contributed by atoms with Crippen LogP contribution in [0.3, 0.4) is 0 Å². The van der Waals surface area contributed by atoms with Gasteiger partial charge >= 0.3 is 0 Å². The molecule has 0 fully saturated rings. The highest BCUT2D eigenvalue weighted by Gasteiger charge is 2.20. The Hall–Kier alpha value is -1.34. The second-order valence-corrected chi connectivity index (χ2v) is 4.08. The first kappa shape index (κ1) is 9.75.